The van der Waals surface area contributed by atoms with Crippen molar-refractivity contribution in [1.82, 2.24) is 10.6 Å². The van der Waals surface area contributed by atoms with E-state index in [0.717, 1.165) is 25.6 Å². The van der Waals surface area contributed by atoms with E-state index >= 15 is 0 Å². The molecule has 0 aliphatic rings. The van der Waals surface area contributed by atoms with Crippen LogP contribution in [0.2, 0.25) is 6.04 Å². The number of nitrogens with one attached hydrogen (secondary N) is 2. The van der Waals surface area contributed by atoms with Gasteiger partial charge in [0, 0.05) is 39.0 Å². The van der Waals surface area contributed by atoms with Gasteiger partial charge in [-0.25, -0.2) is 0 Å². The normalized spacial score (nSPS) is 11.8. The zero-order chi connectivity index (χ0) is 16.0. The van der Waals surface area contributed by atoms with Crippen LogP contribution >= 0.6 is 0 Å². The van der Waals surface area contributed by atoms with Crippen molar-refractivity contribution in [2.75, 3.05) is 46.0 Å². The van der Waals surface area contributed by atoms with E-state index in [2.05, 4.69) is 10.6 Å². The summed E-state index contributed by atoms with van der Waals surface area (Å²) in [5.74, 6) is -0.837. The molecule has 0 saturated heterocycles. The number of carboxylic acids is 1. The number of hydrogen-bond acceptors (Lipinski definition) is 6. The van der Waals surface area contributed by atoms with Crippen molar-refractivity contribution < 1.29 is 23.2 Å². The molecule has 0 unspecified atom stereocenters. The molecule has 0 aliphatic heterocycles. The zero-order valence-electron chi connectivity index (χ0n) is 13.4. The molecule has 0 aromatic carbocycles. The molecule has 0 aromatic heterocycles. The summed E-state index contributed by atoms with van der Waals surface area (Å²) in [5.41, 5.74) is 0. The van der Waals surface area contributed by atoms with Gasteiger partial charge in [-0.1, -0.05) is 0 Å². The molecule has 0 amide bonds. The van der Waals surface area contributed by atoms with E-state index < -0.39 is 14.8 Å². The number of carboxylic acid groups (broad SMARTS) is 1. The number of carbonyl (C=O) groups is 1. The van der Waals surface area contributed by atoms with Crippen molar-refractivity contribution in [2.45, 2.75) is 33.2 Å². The lowest BCUT2D eigenvalue weighted by molar-refractivity contribution is -0.135. The lowest BCUT2D eigenvalue weighted by Gasteiger charge is -2.28. The summed E-state index contributed by atoms with van der Waals surface area (Å²) in [4.78, 5) is 10.3. The van der Waals surface area contributed by atoms with Crippen molar-refractivity contribution in [3.63, 3.8) is 0 Å². The molecule has 0 heterocycles. The molecule has 0 fully saturated rings. The third-order valence-electron chi connectivity index (χ3n) is 2.68. The smallest absolute Gasteiger partial charge is 0.480 e. The minimum atomic E-state index is -2.52. The lowest BCUT2D eigenvalue weighted by atomic mass is 10.4. The quantitative estimate of drug-likeness (QED) is 0.302. The van der Waals surface area contributed by atoms with E-state index in [1.165, 1.54) is 0 Å². The highest BCUT2D eigenvalue weighted by Gasteiger charge is 2.39. The van der Waals surface area contributed by atoms with Gasteiger partial charge in [0.05, 0.1) is 6.54 Å². The lowest BCUT2D eigenvalue weighted by Crippen LogP contribution is -2.46. The first-order valence-electron chi connectivity index (χ1n) is 7.65. The van der Waals surface area contributed by atoms with Gasteiger partial charge in [0.2, 0.25) is 0 Å². The van der Waals surface area contributed by atoms with Crippen LogP contribution in [0.5, 0.6) is 0 Å². The van der Waals surface area contributed by atoms with Crippen LogP contribution in [0.4, 0.5) is 0 Å². The molecule has 0 radical (unpaired) electrons. The fourth-order valence-electron chi connectivity index (χ4n) is 1.93. The molecule has 21 heavy (non-hydrogen) atoms. The average Bonchev–Trinajstić information content (AvgIpc) is 2.42. The third-order valence-corrected chi connectivity index (χ3v) is 5.84. The van der Waals surface area contributed by atoms with Crippen LogP contribution in [0.15, 0.2) is 0 Å². The molecule has 0 spiro atoms. The second-order valence-electron chi connectivity index (χ2n) is 4.41. The van der Waals surface area contributed by atoms with E-state index in [-0.39, 0.29) is 6.54 Å². The Kier molecular flexibility index (Phi) is 12.8. The minimum absolute atomic E-state index is 0.00325. The van der Waals surface area contributed by atoms with Crippen LogP contribution < -0.4 is 10.6 Å². The van der Waals surface area contributed by atoms with E-state index in [1.807, 2.05) is 20.8 Å². The third kappa shape index (κ3) is 10.8. The minimum Gasteiger partial charge on any atom is -0.480 e. The van der Waals surface area contributed by atoms with E-state index in [9.17, 15) is 4.79 Å². The Hall–Kier alpha value is -0.513. The molecule has 0 bridgehead atoms. The van der Waals surface area contributed by atoms with Gasteiger partial charge in [-0.15, -0.1) is 0 Å². The largest absolute Gasteiger partial charge is 0.500 e. The molecule has 8 heteroatoms. The molecule has 7 nitrogen and oxygen atoms in total. The van der Waals surface area contributed by atoms with Gasteiger partial charge in [0.25, 0.3) is 0 Å². The summed E-state index contributed by atoms with van der Waals surface area (Å²) < 4.78 is 17.3. The summed E-state index contributed by atoms with van der Waals surface area (Å²) in [7, 11) is -2.52. The van der Waals surface area contributed by atoms with Crippen LogP contribution in [0.1, 0.15) is 27.2 Å². The Morgan fingerprint density at radius 1 is 0.952 bits per heavy atom. The average molecular weight is 322 g/mol. The van der Waals surface area contributed by atoms with Gasteiger partial charge in [0.15, 0.2) is 0 Å². The van der Waals surface area contributed by atoms with Gasteiger partial charge in [-0.05, 0) is 33.7 Å². The summed E-state index contributed by atoms with van der Waals surface area (Å²) in [6.45, 7) is 9.84. The standard InChI is InChI=1S/C13H30N2O5Si/c1-4-18-21(19-5-2,20-6-3)11-7-8-14-9-10-15-12-13(16)17/h14-15H,4-12H2,1-3H3,(H,16,17). The predicted molar refractivity (Wildman–Crippen MR) is 83.4 cm³/mol. The molecule has 0 aromatic rings. The Balaban J connectivity index is 3.83. The van der Waals surface area contributed by atoms with E-state index in [1.54, 1.807) is 0 Å². The highest BCUT2D eigenvalue weighted by atomic mass is 28.4. The Labute approximate surface area is 128 Å². The summed E-state index contributed by atoms with van der Waals surface area (Å²) in [6.07, 6.45) is 0.908. The maximum atomic E-state index is 10.3. The van der Waals surface area contributed by atoms with E-state index in [4.69, 9.17) is 18.4 Å². The topological polar surface area (TPSA) is 89.1 Å². The van der Waals surface area contributed by atoms with Crippen molar-refractivity contribution in [3.05, 3.63) is 0 Å². The van der Waals surface area contributed by atoms with Crippen molar-refractivity contribution in [3.8, 4) is 0 Å². The second-order valence-corrected chi connectivity index (χ2v) is 7.14. The number of aliphatic carboxylic acids is 1. The van der Waals surface area contributed by atoms with Gasteiger partial charge in [0.1, 0.15) is 0 Å². The first-order chi connectivity index (χ1) is 10.1. The maximum Gasteiger partial charge on any atom is 0.500 e. The molecule has 126 valence electrons. The summed E-state index contributed by atoms with van der Waals surface area (Å²) >= 11 is 0. The highest BCUT2D eigenvalue weighted by molar-refractivity contribution is 6.60. The molecule has 3 N–H and O–H groups in total. The zero-order valence-corrected chi connectivity index (χ0v) is 14.4. The van der Waals surface area contributed by atoms with Gasteiger partial charge >= 0.3 is 14.8 Å². The molecule has 0 atom stereocenters. The Morgan fingerprint density at radius 3 is 1.95 bits per heavy atom. The maximum absolute atomic E-state index is 10.3. The molecular formula is C13H30N2O5Si. The number of rotatable bonds is 15. The van der Waals surface area contributed by atoms with Crippen LogP contribution in [0.25, 0.3) is 0 Å². The first kappa shape index (κ1) is 20.5. The van der Waals surface area contributed by atoms with Crippen molar-refractivity contribution >= 4 is 14.8 Å². The predicted octanol–water partition coefficient (Wildman–Crippen LogP) is 0.689. The van der Waals surface area contributed by atoms with Crippen LogP contribution in [0, 0.1) is 0 Å². The summed E-state index contributed by atoms with van der Waals surface area (Å²) in [6, 6.07) is 0.790. The molecule has 0 saturated carbocycles. The Morgan fingerprint density at radius 2 is 1.48 bits per heavy atom. The monoisotopic (exact) mass is 322 g/mol. The van der Waals surface area contributed by atoms with Gasteiger partial charge < -0.3 is 29.0 Å². The van der Waals surface area contributed by atoms with Gasteiger partial charge in [-0.2, -0.15) is 0 Å². The van der Waals surface area contributed by atoms with Crippen LogP contribution in [0.3, 0.4) is 0 Å². The highest BCUT2D eigenvalue weighted by Crippen LogP contribution is 2.17. The second kappa shape index (κ2) is 13.2. The van der Waals surface area contributed by atoms with Crippen LogP contribution in [-0.4, -0.2) is 65.9 Å². The van der Waals surface area contributed by atoms with E-state index in [0.29, 0.717) is 26.4 Å². The number of hydrogen-bond donors (Lipinski definition) is 3. The molecule has 0 rings (SSSR count). The van der Waals surface area contributed by atoms with Crippen molar-refractivity contribution in [1.29, 1.82) is 0 Å². The summed E-state index contributed by atoms with van der Waals surface area (Å²) in [5, 5.41) is 14.6. The van der Waals surface area contributed by atoms with Gasteiger partial charge in [-0.3, -0.25) is 4.79 Å². The first-order valence-corrected chi connectivity index (χ1v) is 9.58. The fourth-order valence-corrected chi connectivity index (χ4v) is 4.54. The fraction of sp³-hybridized carbons (Fsp3) is 0.923. The molecule has 0 aliphatic carbocycles. The SMILES string of the molecule is CCO[Si](CCCNCCNCC(=O)O)(OCC)OCC. The van der Waals surface area contributed by atoms with Crippen LogP contribution in [-0.2, 0) is 18.1 Å². The Bertz CT molecular complexity index is 252. The molecular weight excluding hydrogens is 292 g/mol. The van der Waals surface area contributed by atoms with Crippen molar-refractivity contribution in [2.24, 2.45) is 0 Å².